The van der Waals surface area contributed by atoms with E-state index in [1.165, 1.54) is 6.07 Å². The first-order valence-corrected chi connectivity index (χ1v) is 5.98. The molecule has 16 heavy (non-hydrogen) atoms. The molecule has 0 bridgehead atoms. The highest BCUT2D eigenvalue weighted by atomic mass is 19.1. The fraction of sp³-hybridized carbons (Fsp3) is 0.538. The maximum atomic E-state index is 13.3. The van der Waals surface area contributed by atoms with Crippen molar-refractivity contribution < 1.29 is 4.39 Å². The average molecular weight is 222 g/mol. The molecule has 2 nitrogen and oxygen atoms in total. The molecule has 0 amide bonds. The van der Waals surface area contributed by atoms with Gasteiger partial charge in [-0.2, -0.15) is 0 Å². The van der Waals surface area contributed by atoms with Crippen LogP contribution < -0.4 is 5.73 Å². The number of piperidine rings is 1. The number of rotatable bonds is 2. The quantitative estimate of drug-likeness (QED) is 0.779. The first kappa shape index (κ1) is 11.4. The molecule has 1 heterocycles. The van der Waals surface area contributed by atoms with Gasteiger partial charge in [-0.25, -0.2) is 4.39 Å². The highest BCUT2D eigenvalue weighted by Gasteiger charge is 2.21. The van der Waals surface area contributed by atoms with Gasteiger partial charge in [0.15, 0.2) is 0 Å². The van der Waals surface area contributed by atoms with Crippen LogP contribution >= 0.6 is 0 Å². The Morgan fingerprint density at radius 2 is 2.06 bits per heavy atom. The van der Waals surface area contributed by atoms with Crippen LogP contribution in [0, 0.1) is 5.82 Å². The zero-order valence-electron chi connectivity index (χ0n) is 9.75. The minimum absolute atomic E-state index is 0.282. The molecule has 0 aromatic heterocycles. The number of nitrogens with zero attached hydrogens (tertiary/aromatic N) is 1. The predicted molar refractivity (Wildman–Crippen MR) is 64.9 cm³/mol. The summed E-state index contributed by atoms with van der Waals surface area (Å²) in [6.07, 6.45) is 2.17. The zero-order chi connectivity index (χ0) is 11.5. The summed E-state index contributed by atoms with van der Waals surface area (Å²) < 4.78 is 13.3. The highest BCUT2D eigenvalue weighted by Crippen LogP contribution is 2.32. The number of para-hydroxylation sites is 1. The summed E-state index contributed by atoms with van der Waals surface area (Å²) in [6.45, 7) is 5.47. The van der Waals surface area contributed by atoms with Crippen molar-refractivity contribution in [2.24, 2.45) is 0 Å². The van der Waals surface area contributed by atoms with Gasteiger partial charge in [0.25, 0.3) is 0 Å². The van der Waals surface area contributed by atoms with Gasteiger partial charge in [-0.15, -0.1) is 0 Å². The molecule has 1 fully saturated rings. The fourth-order valence-electron chi connectivity index (χ4n) is 2.47. The van der Waals surface area contributed by atoms with Crippen LogP contribution in [0.1, 0.15) is 31.2 Å². The maximum absolute atomic E-state index is 13.3. The molecule has 3 heteroatoms. The predicted octanol–water partition coefficient (Wildman–Crippen LogP) is 2.61. The SMILES string of the molecule is CCN1CCC(c2cccc(F)c2N)CC1. The van der Waals surface area contributed by atoms with E-state index in [0.717, 1.165) is 38.0 Å². The van der Waals surface area contributed by atoms with Crippen LogP contribution in [0.15, 0.2) is 18.2 Å². The largest absolute Gasteiger partial charge is 0.396 e. The highest BCUT2D eigenvalue weighted by molar-refractivity contribution is 5.49. The molecule has 2 N–H and O–H groups in total. The third kappa shape index (κ3) is 2.19. The molecule has 0 saturated carbocycles. The fourth-order valence-corrected chi connectivity index (χ4v) is 2.47. The molecule has 1 aliphatic heterocycles. The summed E-state index contributed by atoms with van der Waals surface area (Å²) in [6, 6.07) is 5.15. The number of hydrogen-bond acceptors (Lipinski definition) is 2. The van der Waals surface area contributed by atoms with Gasteiger partial charge in [0.2, 0.25) is 0 Å². The van der Waals surface area contributed by atoms with Crippen LogP contribution in [-0.2, 0) is 0 Å². The van der Waals surface area contributed by atoms with Crippen LogP contribution in [0.25, 0.3) is 0 Å². The molecule has 0 atom stereocenters. The lowest BCUT2D eigenvalue weighted by Crippen LogP contribution is -2.32. The summed E-state index contributed by atoms with van der Waals surface area (Å²) in [7, 11) is 0. The van der Waals surface area contributed by atoms with Crippen molar-refractivity contribution >= 4 is 5.69 Å². The van der Waals surface area contributed by atoms with Gasteiger partial charge in [0, 0.05) is 0 Å². The second-order valence-corrected chi connectivity index (χ2v) is 4.45. The van der Waals surface area contributed by atoms with Crippen molar-refractivity contribution in [2.45, 2.75) is 25.7 Å². The van der Waals surface area contributed by atoms with Crippen molar-refractivity contribution in [1.82, 2.24) is 4.90 Å². The number of nitrogen functional groups attached to an aromatic ring is 1. The van der Waals surface area contributed by atoms with Crippen molar-refractivity contribution in [3.63, 3.8) is 0 Å². The van der Waals surface area contributed by atoms with Crippen LogP contribution in [0.4, 0.5) is 10.1 Å². The van der Waals surface area contributed by atoms with Gasteiger partial charge >= 0.3 is 0 Å². The first-order chi connectivity index (χ1) is 7.72. The van der Waals surface area contributed by atoms with Gasteiger partial charge in [0.1, 0.15) is 5.82 Å². The average Bonchev–Trinajstić information content (AvgIpc) is 2.33. The standard InChI is InChI=1S/C13H19FN2/c1-2-16-8-6-10(7-9-16)11-4-3-5-12(14)13(11)15/h3-5,10H,2,6-9,15H2,1H3. The van der Waals surface area contributed by atoms with E-state index in [4.69, 9.17) is 5.73 Å². The monoisotopic (exact) mass is 222 g/mol. The van der Waals surface area contributed by atoms with E-state index in [0.29, 0.717) is 11.6 Å². The smallest absolute Gasteiger partial charge is 0.146 e. The van der Waals surface area contributed by atoms with E-state index < -0.39 is 0 Å². The summed E-state index contributed by atoms with van der Waals surface area (Å²) in [5, 5.41) is 0. The molecule has 1 saturated heterocycles. The van der Waals surface area contributed by atoms with E-state index in [1.54, 1.807) is 6.07 Å². The zero-order valence-corrected chi connectivity index (χ0v) is 9.75. The lowest BCUT2D eigenvalue weighted by Gasteiger charge is -2.31. The van der Waals surface area contributed by atoms with Gasteiger partial charge < -0.3 is 10.6 Å². The minimum atomic E-state index is -0.282. The molecule has 0 radical (unpaired) electrons. The number of nitrogens with two attached hydrogens (primary N) is 1. The molecule has 0 aliphatic carbocycles. The Bertz CT molecular complexity index is 357. The van der Waals surface area contributed by atoms with Gasteiger partial charge in [-0.3, -0.25) is 0 Å². The Balaban J connectivity index is 2.11. The van der Waals surface area contributed by atoms with Gasteiger partial charge in [-0.05, 0) is 50.0 Å². The Kier molecular flexibility index (Phi) is 3.44. The lowest BCUT2D eigenvalue weighted by atomic mass is 9.88. The molecular formula is C13H19FN2. The Morgan fingerprint density at radius 1 is 1.38 bits per heavy atom. The number of likely N-dealkylation sites (tertiary alicyclic amines) is 1. The van der Waals surface area contributed by atoms with Crippen molar-refractivity contribution in [1.29, 1.82) is 0 Å². The summed E-state index contributed by atoms with van der Waals surface area (Å²) in [5.41, 5.74) is 7.13. The number of hydrogen-bond donors (Lipinski definition) is 1. The Morgan fingerprint density at radius 3 is 2.69 bits per heavy atom. The van der Waals surface area contributed by atoms with Crippen LogP contribution in [-0.4, -0.2) is 24.5 Å². The number of benzene rings is 1. The molecule has 88 valence electrons. The Labute approximate surface area is 96.2 Å². The van der Waals surface area contributed by atoms with E-state index in [2.05, 4.69) is 11.8 Å². The number of anilines is 1. The number of halogens is 1. The molecule has 2 rings (SSSR count). The topological polar surface area (TPSA) is 29.3 Å². The van der Waals surface area contributed by atoms with Crippen molar-refractivity contribution in [3.05, 3.63) is 29.6 Å². The van der Waals surface area contributed by atoms with Gasteiger partial charge in [0.05, 0.1) is 5.69 Å². The van der Waals surface area contributed by atoms with Crippen LogP contribution in [0.5, 0.6) is 0 Å². The van der Waals surface area contributed by atoms with E-state index in [1.807, 2.05) is 6.07 Å². The molecule has 0 spiro atoms. The Hall–Kier alpha value is -1.09. The second-order valence-electron chi connectivity index (χ2n) is 4.45. The molecule has 1 aliphatic rings. The second kappa shape index (κ2) is 4.83. The third-order valence-corrected chi connectivity index (χ3v) is 3.56. The first-order valence-electron chi connectivity index (χ1n) is 5.98. The molecular weight excluding hydrogens is 203 g/mol. The lowest BCUT2D eigenvalue weighted by molar-refractivity contribution is 0.222. The summed E-state index contributed by atoms with van der Waals surface area (Å²) in [5.74, 6) is 0.147. The van der Waals surface area contributed by atoms with E-state index in [9.17, 15) is 4.39 Å². The minimum Gasteiger partial charge on any atom is -0.396 e. The summed E-state index contributed by atoms with van der Waals surface area (Å²) >= 11 is 0. The van der Waals surface area contributed by atoms with E-state index >= 15 is 0 Å². The molecule has 0 unspecified atom stereocenters. The van der Waals surface area contributed by atoms with Crippen LogP contribution in [0.2, 0.25) is 0 Å². The van der Waals surface area contributed by atoms with Crippen molar-refractivity contribution in [2.75, 3.05) is 25.4 Å². The maximum Gasteiger partial charge on any atom is 0.146 e. The van der Waals surface area contributed by atoms with Crippen LogP contribution in [0.3, 0.4) is 0 Å². The van der Waals surface area contributed by atoms with Crippen molar-refractivity contribution in [3.8, 4) is 0 Å². The van der Waals surface area contributed by atoms with Gasteiger partial charge in [-0.1, -0.05) is 19.1 Å². The molecule has 1 aromatic carbocycles. The normalized spacial score (nSPS) is 18.9. The van der Waals surface area contributed by atoms with E-state index in [-0.39, 0.29) is 5.82 Å². The molecule has 1 aromatic rings. The summed E-state index contributed by atoms with van der Waals surface area (Å²) in [4.78, 5) is 2.42. The third-order valence-electron chi connectivity index (χ3n) is 3.56.